The van der Waals surface area contributed by atoms with Crippen LogP contribution < -0.4 is 10.5 Å². The Kier molecular flexibility index (Phi) is 2.00. The van der Waals surface area contributed by atoms with E-state index in [4.69, 9.17) is 10.5 Å². The van der Waals surface area contributed by atoms with E-state index >= 15 is 0 Å². The zero-order valence-electron chi connectivity index (χ0n) is 10.1. The summed E-state index contributed by atoms with van der Waals surface area (Å²) in [6.45, 7) is 0.740. The highest BCUT2D eigenvalue weighted by atomic mass is 16.5. The lowest BCUT2D eigenvalue weighted by Crippen LogP contribution is -1.98. The first-order chi connectivity index (χ1) is 9.31. The topological polar surface area (TPSA) is 89.7 Å². The minimum Gasteiger partial charge on any atom is -0.493 e. The summed E-state index contributed by atoms with van der Waals surface area (Å²) in [5.41, 5.74) is 10.1. The number of fused-ring (bicyclic) bond motifs is 2. The lowest BCUT2D eigenvalue weighted by Gasteiger charge is -2.05. The van der Waals surface area contributed by atoms with E-state index in [-0.39, 0.29) is 5.95 Å². The molecule has 1 aliphatic heterocycles. The molecule has 1 aliphatic rings. The highest BCUT2D eigenvalue weighted by Gasteiger charge is 2.16. The summed E-state index contributed by atoms with van der Waals surface area (Å²) < 4.78 is 5.51. The van der Waals surface area contributed by atoms with Crippen molar-refractivity contribution in [1.82, 2.24) is 19.9 Å². The van der Waals surface area contributed by atoms with E-state index in [1.165, 1.54) is 5.56 Å². The third-order valence-electron chi connectivity index (χ3n) is 3.27. The van der Waals surface area contributed by atoms with E-state index in [1.807, 2.05) is 12.1 Å². The van der Waals surface area contributed by atoms with Crippen LogP contribution in [0.2, 0.25) is 0 Å². The van der Waals surface area contributed by atoms with Crippen molar-refractivity contribution in [3.05, 3.63) is 30.1 Å². The van der Waals surface area contributed by atoms with Crippen molar-refractivity contribution in [1.29, 1.82) is 0 Å². The third-order valence-corrected chi connectivity index (χ3v) is 3.27. The molecule has 0 fully saturated rings. The van der Waals surface area contributed by atoms with Crippen LogP contribution in [-0.2, 0) is 6.42 Å². The monoisotopic (exact) mass is 253 g/mol. The van der Waals surface area contributed by atoms with Gasteiger partial charge in [-0.25, -0.2) is 9.97 Å². The number of nitrogens with two attached hydrogens (primary N) is 1. The molecule has 0 spiro atoms. The Bertz CT molecular complexity index is 780. The minimum atomic E-state index is 0.228. The molecule has 3 N–H and O–H groups in total. The number of benzene rings is 1. The summed E-state index contributed by atoms with van der Waals surface area (Å²) in [5.74, 6) is 1.18. The second-order valence-corrected chi connectivity index (χ2v) is 4.45. The van der Waals surface area contributed by atoms with Crippen molar-refractivity contribution in [3.63, 3.8) is 0 Å². The number of aromatic amines is 1. The molecule has 0 radical (unpaired) electrons. The standard InChI is InChI=1S/C13H11N5O/c14-13-17-10(11-12(18-13)16-6-15-11)8-1-2-9-7(5-8)3-4-19-9/h1-2,5-6H,3-4H2,(H3,14,15,16,17,18). The van der Waals surface area contributed by atoms with Crippen molar-refractivity contribution < 1.29 is 4.74 Å². The fraction of sp³-hybridized carbons (Fsp3) is 0.154. The molecular formula is C13H11N5O. The molecule has 0 unspecified atom stereocenters. The smallest absolute Gasteiger partial charge is 0.222 e. The van der Waals surface area contributed by atoms with E-state index in [2.05, 4.69) is 26.0 Å². The summed E-state index contributed by atoms with van der Waals surface area (Å²) in [5, 5.41) is 0. The van der Waals surface area contributed by atoms with Crippen molar-refractivity contribution in [3.8, 4) is 17.0 Å². The first-order valence-corrected chi connectivity index (χ1v) is 6.04. The maximum Gasteiger partial charge on any atom is 0.222 e. The Morgan fingerprint density at radius 3 is 3.16 bits per heavy atom. The molecule has 6 nitrogen and oxygen atoms in total. The van der Waals surface area contributed by atoms with Gasteiger partial charge in [-0.2, -0.15) is 4.98 Å². The van der Waals surface area contributed by atoms with Crippen LogP contribution in [0.25, 0.3) is 22.4 Å². The highest BCUT2D eigenvalue weighted by Crippen LogP contribution is 2.31. The first-order valence-electron chi connectivity index (χ1n) is 6.04. The Morgan fingerprint density at radius 1 is 1.26 bits per heavy atom. The first kappa shape index (κ1) is 10.3. The zero-order valence-corrected chi connectivity index (χ0v) is 10.1. The predicted molar refractivity (Wildman–Crippen MR) is 70.7 cm³/mol. The van der Waals surface area contributed by atoms with Gasteiger partial charge in [0.25, 0.3) is 0 Å². The predicted octanol–water partition coefficient (Wildman–Crippen LogP) is 1.54. The van der Waals surface area contributed by atoms with E-state index in [0.29, 0.717) is 5.65 Å². The van der Waals surface area contributed by atoms with Crippen LogP contribution in [0, 0.1) is 0 Å². The molecule has 2 aromatic heterocycles. The van der Waals surface area contributed by atoms with Gasteiger partial charge in [-0.05, 0) is 23.8 Å². The van der Waals surface area contributed by atoms with E-state index in [9.17, 15) is 0 Å². The van der Waals surface area contributed by atoms with Crippen LogP contribution >= 0.6 is 0 Å². The van der Waals surface area contributed by atoms with Crippen LogP contribution in [0.4, 0.5) is 5.95 Å². The molecule has 4 rings (SSSR count). The second-order valence-electron chi connectivity index (χ2n) is 4.45. The van der Waals surface area contributed by atoms with Crippen LogP contribution in [0.3, 0.4) is 0 Å². The molecule has 1 aromatic carbocycles. The van der Waals surface area contributed by atoms with Crippen molar-refractivity contribution in [2.24, 2.45) is 0 Å². The number of hydrogen-bond donors (Lipinski definition) is 2. The average molecular weight is 253 g/mol. The largest absolute Gasteiger partial charge is 0.493 e. The minimum absolute atomic E-state index is 0.228. The van der Waals surface area contributed by atoms with Gasteiger partial charge in [-0.3, -0.25) is 0 Å². The number of aromatic nitrogens is 4. The summed E-state index contributed by atoms with van der Waals surface area (Å²) in [7, 11) is 0. The van der Waals surface area contributed by atoms with E-state index in [1.54, 1.807) is 6.33 Å². The number of ether oxygens (including phenoxy) is 1. The van der Waals surface area contributed by atoms with Gasteiger partial charge >= 0.3 is 0 Å². The molecule has 0 bridgehead atoms. The lowest BCUT2D eigenvalue weighted by atomic mass is 10.1. The van der Waals surface area contributed by atoms with Gasteiger partial charge in [-0.1, -0.05) is 0 Å². The molecule has 3 aromatic rings. The average Bonchev–Trinajstić information content (AvgIpc) is 3.04. The molecule has 3 heterocycles. The molecule has 6 heteroatoms. The van der Waals surface area contributed by atoms with Crippen LogP contribution in [0.15, 0.2) is 24.5 Å². The van der Waals surface area contributed by atoms with E-state index < -0.39 is 0 Å². The third kappa shape index (κ3) is 1.53. The maximum atomic E-state index is 5.73. The lowest BCUT2D eigenvalue weighted by molar-refractivity contribution is 0.357. The van der Waals surface area contributed by atoms with Crippen LogP contribution in [0.1, 0.15) is 5.56 Å². The van der Waals surface area contributed by atoms with Gasteiger partial charge in [-0.15, -0.1) is 0 Å². The highest BCUT2D eigenvalue weighted by molar-refractivity contribution is 5.88. The Labute approximate surface area is 108 Å². The van der Waals surface area contributed by atoms with Crippen LogP contribution in [-0.4, -0.2) is 26.5 Å². The Hall–Kier alpha value is -2.63. The number of rotatable bonds is 1. The fourth-order valence-electron chi connectivity index (χ4n) is 2.39. The number of imidazole rings is 1. The quantitative estimate of drug-likeness (QED) is 0.686. The van der Waals surface area contributed by atoms with Gasteiger partial charge < -0.3 is 15.5 Å². The number of nitrogen functional groups attached to an aromatic ring is 1. The maximum absolute atomic E-state index is 5.73. The molecule has 0 saturated heterocycles. The Balaban J connectivity index is 1.96. The summed E-state index contributed by atoms with van der Waals surface area (Å²) in [4.78, 5) is 15.6. The van der Waals surface area contributed by atoms with E-state index in [0.717, 1.165) is 35.6 Å². The normalized spacial score (nSPS) is 13.5. The van der Waals surface area contributed by atoms with Crippen molar-refractivity contribution in [2.45, 2.75) is 6.42 Å². The number of nitrogens with one attached hydrogen (secondary N) is 1. The number of anilines is 1. The number of hydrogen-bond acceptors (Lipinski definition) is 5. The van der Waals surface area contributed by atoms with Crippen molar-refractivity contribution >= 4 is 17.1 Å². The van der Waals surface area contributed by atoms with Crippen molar-refractivity contribution in [2.75, 3.05) is 12.3 Å². The molecule has 0 amide bonds. The van der Waals surface area contributed by atoms with Gasteiger partial charge in [0.05, 0.1) is 12.9 Å². The summed E-state index contributed by atoms with van der Waals surface area (Å²) in [6, 6.07) is 6.04. The van der Waals surface area contributed by atoms with Crippen LogP contribution in [0.5, 0.6) is 5.75 Å². The molecular weight excluding hydrogens is 242 g/mol. The zero-order chi connectivity index (χ0) is 12.8. The Morgan fingerprint density at radius 2 is 2.21 bits per heavy atom. The molecule has 19 heavy (non-hydrogen) atoms. The fourth-order valence-corrected chi connectivity index (χ4v) is 2.39. The summed E-state index contributed by atoms with van der Waals surface area (Å²) >= 11 is 0. The molecule has 0 aliphatic carbocycles. The molecule has 0 atom stereocenters. The SMILES string of the molecule is Nc1nc(-c2ccc3c(c2)CCO3)c2[nH]cnc2n1. The number of nitrogens with zero attached hydrogens (tertiary/aromatic N) is 3. The van der Waals surface area contributed by atoms with Gasteiger partial charge in [0.1, 0.15) is 17.0 Å². The number of H-pyrrole nitrogens is 1. The second kappa shape index (κ2) is 3.68. The molecule has 94 valence electrons. The van der Waals surface area contributed by atoms with Gasteiger partial charge in [0.15, 0.2) is 5.65 Å². The summed E-state index contributed by atoms with van der Waals surface area (Å²) in [6.07, 6.45) is 2.52. The van der Waals surface area contributed by atoms with Gasteiger partial charge in [0, 0.05) is 12.0 Å². The molecule has 0 saturated carbocycles. The van der Waals surface area contributed by atoms with Gasteiger partial charge in [0.2, 0.25) is 5.95 Å².